The second kappa shape index (κ2) is 6.42. The van der Waals surface area contributed by atoms with E-state index in [1.807, 2.05) is 19.9 Å². The lowest BCUT2D eigenvalue weighted by atomic mass is 9.81. The predicted octanol–water partition coefficient (Wildman–Crippen LogP) is 1.96. The molecule has 0 aromatic carbocycles. The zero-order valence-corrected chi connectivity index (χ0v) is 10.5. The van der Waals surface area contributed by atoms with Gasteiger partial charge in [0.25, 0.3) is 0 Å². The van der Waals surface area contributed by atoms with E-state index in [1.54, 1.807) is 0 Å². The first-order valence-corrected chi connectivity index (χ1v) is 6.14. The maximum Gasteiger partial charge on any atom is 0.306 e. The highest BCUT2D eigenvalue weighted by molar-refractivity contribution is 5.80. The second-order valence-corrected chi connectivity index (χ2v) is 4.93. The Morgan fingerprint density at radius 3 is 2.53 bits per heavy atom. The number of amides is 1. The molecule has 0 aromatic rings. The van der Waals surface area contributed by atoms with Crippen molar-refractivity contribution in [3.05, 3.63) is 11.6 Å². The lowest BCUT2D eigenvalue weighted by Gasteiger charge is -2.25. The number of carbonyl (C=O) groups excluding carboxylic acids is 1. The van der Waals surface area contributed by atoms with E-state index in [-0.39, 0.29) is 17.7 Å². The van der Waals surface area contributed by atoms with Gasteiger partial charge in [0, 0.05) is 12.5 Å². The first-order valence-electron chi connectivity index (χ1n) is 6.14. The van der Waals surface area contributed by atoms with Gasteiger partial charge in [-0.3, -0.25) is 9.59 Å². The van der Waals surface area contributed by atoms with Crippen molar-refractivity contribution in [3.8, 4) is 0 Å². The van der Waals surface area contributed by atoms with Crippen molar-refractivity contribution in [1.29, 1.82) is 0 Å². The number of carboxylic acid groups (broad SMARTS) is 1. The molecule has 17 heavy (non-hydrogen) atoms. The number of hydrogen-bond donors (Lipinski definition) is 2. The van der Waals surface area contributed by atoms with Crippen molar-refractivity contribution in [2.45, 2.75) is 39.5 Å². The topological polar surface area (TPSA) is 66.4 Å². The molecule has 2 atom stereocenters. The third kappa shape index (κ3) is 4.59. The number of rotatable bonds is 4. The van der Waals surface area contributed by atoms with Crippen LogP contribution < -0.4 is 5.32 Å². The van der Waals surface area contributed by atoms with E-state index in [4.69, 9.17) is 5.11 Å². The SMILES string of the molecule is CC(C)=CCNC(=O)C1CCCC(C(=O)O)C1. The molecule has 1 aliphatic carbocycles. The van der Waals surface area contributed by atoms with Crippen LogP contribution in [0.2, 0.25) is 0 Å². The molecule has 0 saturated heterocycles. The quantitative estimate of drug-likeness (QED) is 0.737. The Morgan fingerprint density at radius 1 is 1.29 bits per heavy atom. The van der Waals surface area contributed by atoms with E-state index in [1.165, 1.54) is 0 Å². The Bertz CT molecular complexity index is 319. The highest BCUT2D eigenvalue weighted by Crippen LogP contribution is 2.29. The molecule has 1 fully saturated rings. The normalized spacial score (nSPS) is 23.9. The van der Waals surface area contributed by atoms with Crippen molar-refractivity contribution in [2.75, 3.05) is 6.54 Å². The van der Waals surface area contributed by atoms with Gasteiger partial charge >= 0.3 is 5.97 Å². The van der Waals surface area contributed by atoms with Crippen LogP contribution in [0.25, 0.3) is 0 Å². The largest absolute Gasteiger partial charge is 0.481 e. The highest BCUT2D eigenvalue weighted by atomic mass is 16.4. The average molecular weight is 239 g/mol. The number of aliphatic carboxylic acids is 1. The molecule has 0 heterocycles. The molecule has 1 amide bonds. The zero-order valence-electron chi connectivity index (χ0n) is 10.5. The van der Waals surface area contributed by atoms with E-state index in [0.717, 1.165) is 18.4 Å². The Labute approximate surface area is 102 Å². The van der Waals surface area contributed by atoms with E-state index < -0.39 is 5.97 Å². The average Bonchev–Trinajstić information content (AvgIpc) is 2.28. The van der Waals surface area contributed by atoms with Crippen LogP contribution in [0.1, 0.15) is 39.5 Å². The van der Waals surface area contributed by atoms with E-state index in [2.05, 4.69) is 5.32 Å². The lowest BCUT2D eigenvalue weighted by molar-refractivity contribution is -0.144. The van der Waals surface area contributed by atoms with Crippen molar-refractivity contribution >= 4 is 11.9 Å². The van der Waals surface area contributed by atoms with Gasteiger partial charge in [-0.25, -0.2) is 0 Å². The fourth-order valence-corrected chi connectivity index (χ4v) is 2.15. The summed E-state index contributed by atoms with van der Waals surface area (Å²) in [6.45, 7) is 4.50. The molecule has 0 bridgehead atoms. The summed E-state index contributed by atoms with van der Waals surface area (Å²) in [5, 5.41) is 11.8. The number of nitrogens with one attached hydrogen (secondary N) is 1. The maximum absolute atomic E-state index is 11.8. The molecule has 0 radical (unpaired) electrons. The van der Waals surface area contributed by atoms with Gasteiger partial charge in [-0.05, 0) is 33.1 Å². The summed E-state index contributed by atoms with van der Waals surface area (Å²) in [6.07, 6.45) is 4.78. The molecular weight excluding hydrogens is 218 g/mol. The predicted molar refractivity (Wildman–Crippen MR) is 65.5 cm³/mol. The van der Waals surface area contributed by atoms with Crippen LogP contribution in [-0.4, -0.2) is 23.5 Å². The molecule has 4 heteroatoms. The molecule has 1 saturated carbocycles. The molecule has 0 aliphatic heterocycles. The van der Waals surface area contributed by atoms with E-state index >= 15 is 0 Å². The minimum Gasteiger partial charge on any atom is -0.481 e. The molecule has 0 spiro atoms. The van der Waals surface area contributed by atoms with Crippen LogP contribution in [0, 0.1) is 11.8 Å². The summed E-state index contributed by atoms with van der Waals surface area (Å²) in [7, 11) is 0. The fraction of sp³-hybridized carbons (Fsp3) is 0.692. The standard InChI is InChI=1S/C13H21NO3/c1-9(2)6-7-14-12(15)10-4-3-5-11(8-10)13(16)17/h6,10-11H,3-5,7-8H2,1-2H3,(H,14,15)(H,16,17). The van der Waals surface area contributed by atoms with Crippen LogP contribution in [0.15, 0.2) is 11.6 Å². The van der Waals surface area contributed by atoms with E-state index in [0.29, 0.717) is 19.4 Å². The smallest absolute Gasteiger partial charge is 0.306 e. The Balaban J connectivity index is 2.41. The number of hydrogen-bond acceptors (Lipinski definition) is 2. The van der Waals surface area contributed by atoms with Gasteiger partial charge in [0.05, 0.1) is 5.92 Å². The summed E-state index contributed by atoms with van der Waals surface area (Å²) < 4.78 is 0. The van der Waals surface area contributed by atoms with Crippen LogP contribution in [-0.2, 0) is 9.59 Å². The highest BCUT2D eigenvalue weighted by Gasteiger charge is 2.30. The molecule has 2 unspecified atom stereocenters. The number of carboxylic acids is 1. The second-order valence-electron chi connectivity index (χ2n) is 4.93. The molecule has 1 rings (SSSR count). The number of allylic oxidation sites excluding steroid dienone is 1. The Morgan fingerprint density at radius 2 is 1.94 bits per heavy atom. The Kier molecular flexibility index (Phi) is 5.19. The molecule has 0 aromatic heterocycles. The summed E-state index contributed by atoms with van der Waals surface area (Å²) in [5.41, 5.74) is 1.16. The molecule has 96 valence electrons. The van der Waals surface area contributed by atoms with Crippen LogP contribution in [0.5, 0.6) is 0 Å². The van der Waals surface area contributed by atoms with Gasteiger partial charge in [-0.15, -0.1) is 0 Å². The minimum absolute atomic E-state index is 0.00606. The van der Waals surface area contributed by atoms with Crippen molar-refractivity contribution in [3.63, 3.8) is 0 Å². The number of carbonyl (C=O) groups is 2. The maximum atomic E-state index is 11.8. The van der Waals surface area contributed by atoms with Crippen LogP contribution in [0.4, 0.5) is 0 Å². The van der Waals surface area contributed by atoms with E-state index in [9.17, 15) is 9.59 Å². The lowest BCUT2D eigenvalue weighted by Crippen LogP contribution is -2.35. The van der Waals surface area contributed by atoms with Gasteiger partial charge in [-0.1, -0.05) is 18.1 Å². The molecule has 2 N–H and O–H groups in total. The third-order valence-electron chi connectivity index (χ3n) is 3.18. The minimum atomic E-state index is -0.771. The van der Waals surface area contributed by atoms with Gasteiger partial charge in [0.1, 0.15) is 0 Å². The van der Waals surface area contributed by atoms with Crippen molar-refractivity contribution in [2.24, 2.45) is 11.8 Å². The first-order chi connectivity index (χ1) is 8.00. The summed E-state index contributed by atoms with van der Waals surface area (Å²) in [5.74, 6) is -1.25. The monoisotopic (exact) mass is 239 g/mol. The van der Waals surface area contributed by atoms with Crippen molar-refractivity contribution in [1.82, 2.24) is 5.32 Å². The molecule has 1 aliphatic rings. The zero-order chi connectivity index (χ0) is 12.8. The Hall–Kier alpha value is -1.32. The van der Waals surface area contributed by atoms with Gasteiger partial charge in [0.15, 0.2) is 0 Å². The van der Waals surface area contributed by atoms with Crippen molar-refractivity contribution < 1.29 is 14.7 Å². The third-order valence-corrected chi connectivity index (χ3v) is 3.18. The van der Waals surface area contributed by atoms with Gasteiger partial charge < -0.3 is 10.4 Å². The molecule has 4 nitrogen and oxygen atoms in total. The fourth-order valence-electron chi connectivity index (χ4n) is 2.15. The summed E-state index contributed by atoms with van der Waals surface area (Å²) in [6, 6.07) is 0. The first kappa shape index (κ1) is 13.7. The summed E-state index contributed by atoms with van der Waals surface area (Å²) in [4.78, 5) is 22.7. The van der Waals surface area contributed by atoms with Gasteiger partial charge in [0.2, 0.25) is 5.91 Å². The van der Waals surface area contributed by atoms with Crippen LogP contribution >= 0.6 is 0 Å². The van der Waals surface area contributed by atoms with Gasteiger partial charge in [-0.2, -0.15) is 0 Å². The molecular formula is C13H21NO3. The summed E-state index contributed by atoms with van der Waals surface area (Å²) >= 11 is 0. The van der Waals surface area contributed by atoms with Crippen LogP contribution in [0.3, 0.4) is 0 Å².